The van der Waals surface area contributed by atoms with E-state index in [9.17, 15) is 26.3 Å². The zero-order valence-corrected chi connectivity index (χ0v) is 13.8. The number of aromatic nitrogens is 4. The predicted molar refractivity (Wildman–Crippen MR) is 83.1 cm³/mol. The second kappa shape index (κ2) is 6.67. The summed E-state index contributed by atoms with van der Waals surface area (Å²) in [6.07, 6.45) is -7.86. The summed E-state index contributed by atoms with van der Waals surface area (Å²) in [6.45, 7) is 1.62. The second-order valence-electron chi connectivity index (χ2n) is 5.79. The molecular weight excluding hydrogens is 374 g/mol. The van der Waals surface area contributed by atoms with Crippen molar-refractivity contribution in [1.82, 2.24) is 20.0 Å². The average Bonchev–Trinajstić information content (AvgIpc) is 2.94. The predicted octanol–water partition coefficient (Wildman–Crippen LogP) is 4.60. The van der Waals surface area contributed by atoms with Crippen molar-refractivity contribution in [3.05, 3.63) is 70.8 Å². The van der Waals surface area contributed by atoms with E-state index in [0.29, 0.717) is 22.6 Å². The molecule has 0 amide bonds. The molecule has 27 heavy (non-hydrogen) atoms. The highest BCUT2D eigenvalue weighted by Crippen LogP contribution is 2.30. The number of halogens is 6. The Hall–Kier alpha value is -2.91. The summed E-state index contributed by atoms with van der Waals surface area (Å²) >= 11 is 0. The Kier molecular flexibility index (Phi) is 4.66. The summed E-state index contributed by atoms with van der Waals surface area (Å²) in [7, 11) is 0. The number of alkyl halides is 6. The van der Waals surface area contributed by atoms with Gasteiger partial charge in [0.05, 0.1) is 22.6 Å². The maximum atomic E-state index is 12.8. The minimum Gasteiger partial charge on any atom is -0.252 e. The molecule has 0 unspecified atom stereocenters. The molecule has 0 bridgehead atoms. The van der Waals surface area contributed by atoms with Gasteiger partial charge in [-0.05, 0) is 48.9 Å². The monoisotopic (exact) mass is 386 g/mol. The molecule has 142 valence electrons. The molecule has 3 rings (SSSR count). The topological polar surface area (TPSA) is 43.6 Å². The Balaban J connectivity index is 1.85. The molecule has 0 radical (unpaired) electrons. The van der Waals surface area contributed by atoms with Gasteiger partial charge in [0.1, 0.15) is 5.69 Å². The number of rotatable bonds is 3. The second-order valence-corrected chi connectivity index (χ2v) is 5.79. The molecule has 0 aliphatic rings. The largest absolute Gasteiger partial charge is 0.433 e. The van der Waals surface area contributed by atoms with E-state index in [0.717, 1.165) is 29.2 Å². The lowest BCUT2D eigenvalue weighted by Crippen LogP contribution is -2.08. The summed E-state index contributed by atoms with van der Waals surface area (Å²) in [4.78, 5) is 4.45. The molecule has 0 saturated carbocycles. The van der Waals surface area contributed by atoms with Gasteiger partial charge in [0.2, 0.25) is 0 Å². The molecule has 10 heteroatoms. The van der Waals surface area contributed by atoms with Crippen molar-refractivity contribution in [2.45, 2.75) is 25.7 Å². The van der Waals surface area contributed by atoms with Crippen LogP contribution in [-0.4, -0.2) is 20.0 Å². The van der Waals surface area contributed by atoms with E-state index in [2.05, 4.69) is 15.2 Å². The maximum Gasteiger partial charge on any atom is 0.433 e. The Morgan fingerprint density at radius 3 is 2.15 bits per heavy atom. The van der Waals surface area contributed by atoms with Crippen LogP contribution < -0.4 is 0 Å². The number of nitrogens with zero attached hydrogens (tertiary/aromatic N) is 4. The van der Waals surface area contributed by atoms with Gasteiger partial charge in [0.15, 0.2) is 0 Å². The summed E-state index contributed by atoms with van der Waals surface area (Å²) in [6, 6.07) is 6.63. The Labute approximate surface area is 149 Å². The van der Waals surface area contributed by atoms with Crippen molar-refractivity contribution in [1.29, 1.82) is 0 Å². The average molecular weight is 386 g/mol. The molecule has 0 fully saturated rings. The quantitative estimate of drug-likeness (QED) is 0.618. The molecule has 0 N–H and O–H groups in total. The molecule has 0 atom stereocenters. The van der Waals surface area contributed by atoms with Gasteiger partial charge in [0, 0.05) is 12.6 Å². The number of hydrogen-bond acceptors (Lipinski definition) is 3. The van der Waals surface area contributed by atoms with Crippen LogP contribution in [0.5, 0.6) is 0 Å². The fraction of sp³-hybridized carbons (Fsp3) is 0.235. The van der Waals surface area contributed by atoms with Gasteiger partial charge < -0.3 is 0 Å². The van der Waals surface area contributed by atoms with Crippen molar-refractivity contribution in [3.8, 4) is 5.69 Å². The van der Waals surface area contributed by atoms with Gasteiger partial charge in [0.25, 0.3) is 0 Å². The van der Waals surface area contributed by atoms with E-state index in [4.69, 9.17) is 0 Å². The maximum absolute atomic E-state index is 12.8. The van der Waals surface area contributed by atoms with Crippen LogP contribution in [0.2, 0.25) is 0 Å². The lowest BCUT2D eigenvalue weighted by Gasteiger charge is -2.07. The minimum absolute atomic E-state index is 0.0814. The third-order valence-corrected chi connectivity index (χ3v) is 3.79. The molecule has 0 aliphatic carbocycles. The van der Waals surface area contributed by atoms with Crippen LogP contribution in [0, 0.1) is 6.92 Å². The SMILES string of the molecule is Cc1nn(-c2ccc(C(F)(F)F)cc2)nc1Cc1ccnc(C(F)(F)F)c1. The number of hydrogen-bond donors (Lipinski definition) is 0. The van der Waals surface area contributed by atoms with Crippen LogP contribution in [0.3, 0.4) is 0 Å². The summed E-state index contributed by atoms with van der Waals surface area (Å²) in [5, 5.41) is 8.31. The van der Waals surface area contributed by atoms with Crippen molar-refractivity contribution in [3.63, 3.8) is 0 Å². The van der Waals surface area contributed by atoms with Crippen LogP contribution in [-0.2, 0) is 18.8 Å². The normalized spacial score (nSPS) is 12.4. The number of aryl methyl sites for hydroxylation is 1. The summed E-state index contributed by atoms with van der Waals surface area (Å²) in [5.74, 6) is 0. The lowest BCUT2D eigenvalue weighted by molar-refractivity contribution is -0.141. The molecule has 1 aromatic carbocycles. The first-order chi connectivity index (χ1) is 12.5. The molecule has 0 spiro atoms. The van der Waals surface area contributed by atoms with Gasteiger partial charge in [-0.15, -0.1) is 0 Å². The fourth-order valence-corrected chi connectivity index (χ4v) is 2.40. The third kappa shape index (κ3) is 4.26. The Morgan fingerprint density at radius 1 is 0.889 bits per heavy atom. The van der Waals surface area contributed by atoms with E-state index in [-0.39, 0.29) is 6.42 Å². The highest BCUT2D eigenvalue weighted by molar-refractivity contribution is 5.35. The molecule has 4 nitrogen and oxygen atoms in total. The van der Waals surface area contributed by atoms with Gasteiger partial charge in [-0.25, -0.2) is 0 Å². The Morgan fingerprint density at radius 2 is 1.56 bits per heavy atom. The van der Waals surface area contributed by atoms with Crippen molar-refractivity contribution in [2.75, 3.05) is 0 Å². The molecule has 2 heterocycles. The van der Waals surface area contributed by atoms with E-state index < -0.39 is 23.6 Å². The first kappa shape index (κ1) is 18.9. The zero-order chi connectivity index (χ0) is 19.8. The van der Waals surface area contributed by atoms with Crippen molar-refractivity contribution >= 4 is 0 Å². The van der Waals surface area contributed by atoms with Crippen LogP contribution in [0.1, 0.15) is 28.2 Å². The standard InChI is InChI=1S/C17H12F6N4/c1-10-14(8-11-6-7-24-15(9-11)17(21,22)23)26-27(25-10)13-4-2-12(3-5-13)16(18,19)20/h2-7,9H,8H2,1H3. The van der Waals surface area contributed by atoms with Gasteiger partial charge in [-0.1, -0.05) is 0 Å². The van der Waals surface area contributed by atoms with E-state index >= 15 is 0 Å². The molecule has 3 aromatic rings. The first-order valence-electron chi connectivity index (χ1n) is 7.66. The smallest absolute Gasteiger partial charge is 0.252 e. The highest BCUT2D eigenvalue weighted by Gasteiger charge is 2.32. The van der Waals surface area contributed by atoms with Crippen LogP contribution in [0.25, 0.3) is 5.69 Å². The zero-order valence-electron chi connectivity index (χ0n) is 13.8. The van der Waals surface area contributed by atoms with Crippen LogP contribution >= 0.6 is 0 Å². The Bertz CT molecular complexity index is 941. The van der Waals surface area contributed by atoms with Crippen molar-refractivity contribution in [2.24, 2.45) is 0 Å². The van der Waals surface area contributed by atoms with Gasteiger partial charge >= 0.3 is 12.4 Å². The molecule has 0 saturated heterocycles. The van der Waals surface area contributed by atoms with Gasteiger partial charge in [-0.3, -0.25) is 4.98 Å². The summed E-state index contributed by atoms with van der Waals surface area (Å²) in [5.41, 5.74) is -0.281. The summed E-state index contributed by atoms with van der Waals surface area (Å²) < 4.78 is 76.1. The third-order valence-electron chi connectivity index (χ3n) is 3.79. The number of pyridine rings is 1. The van der Waals surface area contributed by atoms with Crippen LogP contribution in [0.15, 0.2) is 42.6 Å². The first-order valence-corrected chi connectivity index (χ1v) is 7.66. The van der Waals surface area contributed by atoms with Crippen molar-refractivity contribution < 1.29 is 26.3 Å². The van der Waals surface area contributed by atoms with Crippen LogP contribution in [0.4, 0.5) is 26.3 Å². The van der Waals surface area contributed by atoms with E-state index in [1.54, 1.807) is 6.92 Å². The van der Waals surface area contributed by atoms with Gasteiger partial charge in [-0.2, -0.15) is 41.3 Å². The molecule has 2 aromatic heterocycles. The lowest BCUT2D eigenvalue weighted by atomic mass is 10.1. The van der Waals surface area contributed by atoms with E-state index in [1.807, 2.05) is 0 Å². The number of benzene rings is 1. The minimum atomic E-state index is -4.55. The van der Waals surface area contributed by atoms with E-state index in [1.165, 1.54) is 18.2 Å². The highest BCUT2D eigenvalue weighted by atomic mass is 19.4. The molecular formula is C17H12F6N4. The molecule has 0 aliphatic heterocycles. The fourth-order valence-electron chi connectivity index (χ4n) is 2.40.